The van der Waals surface area contributed by atoms with Crippen molar-refractivity contribution in [1.29, 1.82) is 0 Å². The van der Waals surface area contributed by atoms with E-state index in [1.807, 2.05) is 12.1 Å². The second kappa shape index (κ2) is 16.6. The molecule has 4 atom stereocenters. The third-order valence-corrected chi connectivity index (χ3v) is 7.66. The summed E-state index contributed by atoms with van der Waals surface area (Å²) in [5, 5.41) is 21.4. The molecule has 1 aliphatic carbocycles. The highest BCUT2D eigenvalue weighted by Crippen LogP contribution is 2.42. The van der Waals surface area contributed by atoms with Crippen LogP contribution in [0.3, 0.4) is 0 Å². The fourth-order valence-electron chi connectivity index (χ4n) is 4.25. The average Bonchev–Trinajstić information content (AvgIpc) is 3.17. The number of esters is 2. The number of hydrogen-bond donors (Lipinski definition) is 2. The summed E-state index contributed by atoms with van der Waals surface area (Å²) in [5.74, 6) is 0.724. The maximum Gasteiger partial charge on any atom is 0.343 e. The van der Waals surface area contributed by atoms with Crippen LogP contribution in [0.2, 0.25) is 0 Å². The molecular weight excluding hydrogens is 476 g/mol. The molecule has 1 aromatic carbocycles. The number of aliphatic hydroxyl groups is 2. The summed E-state index contributed by atoms with van der Waals surface area (Å²) in [7, 11) is 1.39. The number of carbonyl (C=O) groups excluding carboxylic acids is 2. The number of hydrogen-bond acceptors (Lipinski definition) is 7. The van der Waals surface area contributed by atoms with Gasteiger partial charge in [0.2, 0.25) is 0 Å². The van der Waals surface area contributed by atoms with Gasteiger partial charge in [-0.3, -0.25) is 4.79 Å². The van der Waals surface area contributed by atoms with Crippen LogP contribution in [0.5, 0.6) is 0 Å². The molecule has 36 heavy (non-hydrogen) atoms. The monoisotopic (exact) mass is 518 g/mol. The lowest BCUT2D eigenvalue weighted by Crippen LogP contribution is -2.15. The van der Waals surface area contributed by atoms with Gasteiger partial charge in [-0.05, 0) is 43.1 Å². The molecular formula is C29H42O6S. The van der Waals surface area contributed by atoms with Crippen LogP contribution in [-0.2, 0) is 14.3 Å². The lowest BCUT2D eigenvalue weighted by Gasteiger charge is -2.17. The van der Waals surface area contributed by atoms with E-state index < -0.39 is 18.2 Å². The molecule has 0 unspecified atom stereocenters. The Morgan fingerprint density at radius 1 is 1.17 bits per heavy atom. The molecule has 0 fully saturated rings. The average molecular weight is 519 g/mol. The Balaban J connectivity index is 2.06. The molecule has 0 spiro atoms. The van der Waals surface area contributed by atoms with Crippen LogP contribution in [0, 0.1) is 11.8 Å². The van der Waals surface area contributed by atoms with Gasteiger partial charge in [-0.15, -0.1) is 11.8 Å². The smallest absolute Gasteiger partial charge is 0.343 e. The summed E-state index contributed by atoms with van der Waals surface area (Å²) in [6, 6.07) is 8.82. The van der Waals surface area contributed by atoms with E-state index in [4.69, 9.17) is 4.74 Å². The van der Waals surface area contributed by atoms with Crippen molar-refractivity contribution in [3.8, 4) is 0 Å². The molecule has 1 aliphatic rings. The van der Waals surface area contributed by atoms with Gasteiger partial charge in [0.1, 0.15) is 5.76 Å². The molecule has 0 bridgehead atoms. The summed E-state index contributed by atoms with van der Waals surface area (Å²) in [5.41, 5.74) is 0.460. The summed E-state index contributed by atoms with van der Waals surface area (Å²) in [6.45, 7) is 4.32. The Bertz CT molecular complexity index is 866. The van der Waals surface area contributed by atoms with Crippen LogP contribution >= 0.6 is 11.8 Å². The van der Waals surface area contributed by atoms with Gasteiger partial charge in [0.15, 0.2) is 0 Å². The second-order valence-electron chi connectivity index (χ2n) is 9.51. The summed E-state index contributed by atoms with van der Waals surface area (Å²) >= 11 is 1.58. The molecule has 0 aliphatic heterocycles. The van der Waals surface area contributed by atoms with Crippen molar-refractivity contribution < 1.29 is 29.3 Å². The van der Waals surface area contributed by atoms with Crippen LogP contribution in [0.15, 0.2) is 53.1 Å². The lowest BCUT2D eigenvalue weighted by atomic mass is 9.96. The molecule has 0 radical (unpaired) electrons. The van der Waals surface area contributed by atoms with Crippen molar-refractivity contribution in [3.05, 3.63) is 58.7 Å². The zero-order valence-corrected chi connectivity index (χ0v) is 22.7. The summed E-state index contributed by atoms with van der Waals surface area (Å²) in [4.78, 5) is 24.8. The van der Waals surface area contributed by atoms with E-state index in [1.165, 1.54) is 7.11 Å². The Labute approximate surface area is 220 Å². The SMILES string of the molecule is CCCC[C@@H](C)C[C@H](O)C=C[C@@H]1C(SCCCCCC(=O)OC)=C(OC(=O)c2ccccc2)C[C@H]1O. The predicted octanol–water partition coefficient (Wildman–Crippen LogP) is 6.04. The molecule has 200 valence electrons. The van der Waals surface area contributed by atoms with E-state index in [-0.39, 0.29) is 18.3 Å². The van der Waals surface area contributed by atoms with Crippen molar-refractivity contribution in [2.75, 3.05) is 12.9 Å². The van der Waals surface area contributed by atoms with Gasteiger partial charge in [0, 0.05) is 23.7 Å². The third-order valence-electron chi connectivity index (χ3n) is 6.36. The standard InChI is InChI=1S/C29H42O6S/c1-4-5-12-21(2)19-23(30)16-17-24-25(31)20-26(35-29(33)22-13-8-6-9-14-22)28(24)36-18-11-7-10-15-27(32)34-3/h6,8-9,13-14,16-17,21,23-25,30-31H,4-5,7,10-12,15,18-20H2,1-3H3/t21-,23-,24+,25-/m1/s1. The van der Waals surface area contributed by atoms with Crippen molar-refractivity contribution in [3.63, 3.8) is 0 Å². The van der Waals surface area contributed by atoms with Gasteiger partial charge >= 0.3 is 11.9 Å². The first kappa shape index (κ1) is 30.1. The maximum atomic E-state index is 12.7. The Kier molecular flexibility index (Phi) is 13.9. The number of unbranched alkanes of at least 4 members (excludes halogenated alkanes) is 3. The second-order valence-corrected chi connectivity index (χ2v) is 10.6. The first-order chi connectivity index (χ1) is 17.3. The fourth-order valence-corrected chi connectivity index (χ4v) is 5.53. The first-order valence-electron chi connectivity index (χ1n) is 13.1. The van der Waals surface area contributed by atoms with Crippen LogP contribution in [0.1, 0.15) is 82.0 Å². The minimum absolute atomic E-state index is 0.202. The van der Waals surface area contributed by atoms with Gasteiger partial charge in [-0.1, -0.05) is 69.9 Å². The zero-order valence-electron chi connectivity index (χ0n) is 21.9. The van der Waals surface area contributed by atoms with Crippen molar-refractivity contribution in [2.45, 2.75) is 83.8 Å². The molecule has 1 aromatic rings. The largest absolute Gasteiger partial charge is 0.469 e. The van der Waals surface area contributed by atoms with E-state index in [2.05, 4.69) is 18.6 Å². The fraction of sp³-hybridized carbons (Fsp3) is 0.586. The van der Waals surface area contributed by atoms with Crippen molar-refractivity contribution in [2.24, 2.45) is 11.8 Å². The Morgan fingerprint density at radius 2 is 1.92 bits per heavy atom. The molecule has 2 N–H and O–H groups in total. The number of ether oxygens (including phenoxy) is 2. The van der Waals surface area contributed by atoms with E-state index in [0.717, 1.165) is 49.2 Å². The van der Waals surface area contributed by atoms with E-state index in [0.29, 0.717) is 30.1 Å². The molecule has 2 rings (SSSR count). The van der Waals surface area contributed by atoms with Crippen LogP contribution in [-0.4, -0.2) is 47.2 Å². The van der Waals surface area contributed by atoms with Gasteiger partial charge in [0.25, 0.3) is 0 Å². The highest BCUT2D eigenvalue weighted by molar-refractivity contribution is 8.03. The normalized spacial score (nSPS) is 19.5. The van der Waals surface area contributed by atoms with Crippen LogP contribution in [0.25, 0.3) is 0 Å². The van der Waals surface area contributed by atoms with E-state index in [1.54, 1.807) is 42.1 Å². The highest BCUT2D eigenvalue weighted by Gasteiger charge is 2.35. The lowest BCUT2D eigenvalue weighted by molar-refractivity contribution is -0.140. The predicted molar refractivity (Wildman–Crippen MR) is 144 cm³/mol. The molecule has 0 amide bonds. The minimum atomic E-state index is -0.716. The number of methoxy groups -OCH3 is 1. The summed E-state index contributed by atoms with van der Waals surface area (Å²) < 4.78 is 10.4. The number of carbonyl (C=O) groups is 2. The molecule has 0 saturated carbocycles. The molecule has 7 heteroatoms. The number of thioether (sulfide) groups is 1. The van der Waals surface area contributed by atoms with Crippen LogP contribution in [0.4, 0.5) is 0 Å². The van der Waals surface area contributed by atoms with Gasteiger partial charge in [0.05, 0.1) is 24.9 Å². The maximum absolute atomic E-state index is 12.7. The van der Waals surface area contributed by atoms with Crippen molar-refractivity contribution >= 4 is 23.7 Å². The number of rotatable bonds is 16. The molecule has 0 saturated heterocycles. The quantitative estimate of drug-likeness (QED) is 0.157. The van der Waals surface area contributed by atoms with E-state index in [9.17, 15) is 19.8 Å². The number of aliphatic hydroxyl groups excluding tert-OH is 2. The molecule has 0 heterocycles. The van der Waals surface area contributed by atoms with Crippen molar-refractivity contribution in [1.82, 2.24) is 0 Å². The third kappa shape index (κ3) is 10.5. The Hall–Kier alpha value is -2.09. The van der Waals surface area contributed by atoms with Gasteiger partial charge in [-0.25, -0.2) is 4.79 Å². The molecule has 6 nitrogen and oxygen atoms in total. The van der Waals surface area contributed by atoms with E-state index >= 15 is 0 Å². The highest BCUT2D eigenvalue weighted by atomic mass is 32.2. The topological polar surface area (TPSA) is 93.1 Å². The van der Waals surface area contributed by atoms with Gasteiger partial charge < -0.3 is 19.7 Å². The Morgan fingerprint density at radius 3 is 2.61 bits per heavy atom. The van der Waals surface area contributed by atoms with Crippen LogP contribution < -0.4 is 0 Å². The molecule has 0 aromatic heterocycles. The first-order valence-corrected chi connectivity index (χ1v) is 14.1. The van der Waals surface area contributed by atoms with Gasteiger partial charge in [-0.2, -0.15) is 0 Å². The number of benzene rings is 1. The summed E-state index contributed by atoms with van der Waals surface area (Å²) in [6.07, 6.45) is 9.59. The zero-order chi connectivity index (χ0) is 26.3. The minimum Gasteiger partial charge on any atom is -0.469 e.